The molecular weight excluding hydrogens is 602 g/mol. The first-order valence-electron chi connectivity index (χ1n) is 16.5. The SMILES string of the molecule is CC(C)C[C@H](NC(=O)[C@@H](OC(=O)C[C@H](O[Si](C)(C)C(C)(C)C)C(N)C(C)C)C(C)C)C(=O)N(C)[C@@H](C)C(=O)OCc1ccccc1. The number of nitrogens with one attached hydrogen (secondary N) is 1. The number of nitrogens with two attached hydrogens (primary N) is 1. The van der Waals surface area contributed by atoms with E-state index in [1.165, 1.54) is 11.9 Å². The van der Waals surface area contributed by atoms with Crippen molar-refractivity contribution in [3.63, 3.8) is 0 Å². The zero-order chi connectivity index (χ0) is 35.6. The van der Waals surface area contributed by atoms with E-state index in [2.05, 4.69) is 39.2 Å². The maximum absolute atomic E-state index is 13.6. The number of amides is 2. The Bertz CT molecular complexity index is 1130. The molecule has 11 heteroatoms. The molecule has 0 saturated heterocycles. The zero-order valence-electron chi connectivity index (χ0n) is 30.5. The summed E-state index contributed by atoms with van der Waals surface area (Å²) in [7, 11) is -0.760. The van der Waals surface area contributed by atoms with Crippen LogP contribution in [0.5, 0.6) is 0 Å². The number of hydrogen-bond acceptors (Lipinski definition) is 8. The van der Waals surface area contributed by atoms with E-state index in [1.807, 2.05) is 58.0 Å². The van der Waals surface area contributed by atoms with Crippen molar-refractivity contribution < 1.29 is 33.1 Å². The molecule has 1 rings (SSSR count). The Balaban J connectivity index is 3.06. The molecule has 1 aromatic rings. The van der Waals surface area contributed by atoms with Crippen LogP contribution in [0.1, 0.15) is 87.6 Å². The lowest BCUT2D eigenvalue weighted by Crippen LogP contribution is -2.55. The number of benzene rings is 1. The molecule has 0 heterocycles. The summed E-state index contributed by atoms with van der Waals surface area (Å²) in [4.78, 5) is 54.6. The molecule has 0 aliphatic heterocycles. The largest absolute Gasteiger partial charge is 0.459 e. The molecule has 3 N–H and O–H groups in total. The van der Waals surface area contributed by atoms with Gasteiger partial charge in [-0.3, -0.25) is 14.4 Å². The standard InChI is InChI=1S/C35H61N3O7Si/c1-22(2)19-27(33(41)38(11)25(7)34(42)43-21-26-17-15-14-16-18-26)37-32(40)31(24(5)6)44-29(39)20-28(30(36)23(3)4)45-46(12,13)35(8,9)10/h14-18,22-25,27-28,30-31H,19-21,36H2,1-13H3,(H,37,40)/t25-,27-,28-,30?,31-/m0/s1. The maximum atomic E-state index is 13.6. The molecule has 1 unspecified atom stereocenters. The van der Waals surface area contributed by atoms with E-state index in [9.17, 15) is 19.2 Å². The highest BCUT2D eigenvalue weighted by atomic mass is 28.4. The number of carbonyl (C=O) groups excluding carboxylic acids is 4. The summed E-state index contributed by atoms with van der Waals surface area (Å²) >= 11 is 0. The highest BCUT2D eigenvalue weighted by Gasteiger charge is 2.42. The molecule has 2 amide bonds. The fourth-order valence-corrected chi connectivity index (χ4v) is 5.83. The van der Waals surface area contributed by atoms with Gasteiger partial charge < -0.3 is 29.9 Å². The first-order valence-corrected chi connectivity index (χ1v) is 19.4. The number of nitrogens with zero attached hydrogens (tertiary/aromatic N) is 1. The molecule has 0 spiro atoms. The van der Waals surface area contributed by atoms with Gasteiger partial charge in [-0.1, -0.05) is 92.6 Å². The molecule has 0 aliphatic carbocycles. The molecule has 5 atom stereocenters. The first kappa shape index (κ1) is 41.3. The second-order valence-electron chi connectivity index (χ2n) is 15.0. The van der Waals surface area contributed by atoms with Crippen molar-refractivity contribution in [1.29, 1.82) is 0 Å². The molecule has 10 nitrogen and oxygen atoms in total. The fraction of sp³-hybridized carbons (Fsp3) is 0.714. The smallest absolute Gasteiger partial charge is 0.328 e. The molecule has 0 saturated carbocycles. The number of likely N-dealkylation sites (N-methyl/N-ethyl adjacent to an activating group) is 1. The van der Waals surface area contributed by atoms with Gasteiger partial charge in [0, 0.05) is 13.1 Å². The van der Waals surface area contributed by atoms with Gasteiger partial charge in [-0.15, -0.1) is 0 Å². The van der Waals surface area contributed by atoms with Gasteiger partial charge in [-0.2, -0.15) is 0 Å². The van der Waals surface area contributed by atoms with Gasteiger partial charge in [-0.25, -0.2) is 4.79 Å². The Morgan fingerprint density at radius 3 is 1.98 bits per heavy atom. The van der Waals surface area contributed by atoms with Gasteiger partial charge in [0.2, 0.25) is 5.91 Å². The number of ether oxygens (including phenoxy) is 2. The number of carbonyl (C=O) groups is 4. The van der Waals surface area contributed by atoms with E-state index in [-0.39, 0.29) is 35.8 Å². The van der Waals surface area contributed by atoms with E-state index in [0.29, 0.717) is 6.42 Å². The van der Waals surface area contributed by atoms with Crippen molar-refractivity contribution in [1.82, 2.24) is 10.2 Å². The molecular formula is C35H61N3O7Si. The molecule has 0 aliphatic rings. The predicted molar refractivity (Wildman–Crippen MR) is 184 cm³/mol. The van der Waals surface area contributed by atoms with Crippen molar-refractivity contribution in [2.75, 3.05) is 7.05 Å². The third-order valence-corrected chi connectivity index (χ3v) is 13.3. The molecule has 0 aromatic heterocycles. The van der Waals surface area contributed by atoms with Gasteiger partial charge in [0.15, 0.2) is 14.4 Å². The minimum absolute atomic E-state index is 0.0498. The summed E-state index contributed by atoms with van der Waals surface area (Å²) in [6, 6.07) is 7.04. The molecule has 262 valence electrons. The van der Waals surface area contributed by atoms with E-state index in [1.54, 1.807) is 20.8 Å². The van der Waals surface area contributed by atoms with Crippen LogP contribution in [-0.2, 0) is 39.7 Å². The van der Waals surface area contributed by atoms with Crippen LogP contribution in [0.15, 0.2) is 30.3 Å². The Kier molecular flexibility index (Phi) is 16.1. The van der Waals surface area contributed by atoms with Gasteiger partial charge in [0.1, 0.15) is 18.7 Å². The Labute approximate surface area is 278 Å². The number of hydrogen-bond donors (Lipinski definition) is 2. The number of rotatable bonds is 17. The molecule has 0 fully saturated rings. The van der Waals surface area contributed by atoms with Crippen LogP contribution in [0.25, 0.3) is 0 Å². The lowest BCUT2D eigenvalue weighted by Gasteiger charge is -2.41. The third-order valence-electron chi connectivity index (χ3n) is 8.76. The topological polar surface area (TPSA) is 137 Å². The molecule has 0 bridgehead atoms. The van der Waals surface area contributed by atoms with Crippen molar-refractivity contribution >= 4 is 32.1 Å². The Hall–Kier alpha value is -2.76. The van der Waals surface area contributed by atoms with Gasteiger partial charge in [-0.05, 0) is 54.8 Å². The van der Waals surface area contributed by atoms with Crippen LogP contribution in [0.2, 0.25) is 18.1 Å². The molecule has 0 radical (unpaired) electrons. The highest BCUT2D eigenvalue weighted by Crippen LogP contribution is 2.38. The van der Waals surface area contributed by atoms with Crippen LogP contribution in [-0.4, -0.2) is 74.4 Å². The average Bonchev–Trinajstić information content (AvgIpc) is 2.95. The van der Waals surface area contributed by atoms with Gasteiger partial charge in [0.25, 0.3) is 5.91 Å². The number of esters is 2. The predicted octanol–water partition coefficient (Wildman–Crippen LogP) is 5.44. The van der Waals surface area contributed by atoms with Crippen LogP contribution >= 0.6 is 0 Å². The lowest BCUT2D eigenvalue weighted by atomic mass is 9.97. The van der Waals surface area contributed by atoms with Crippen molar-refractivity contribution in [3.8, 4) is 0 Å². The van der Waals surface area contributed by atoms with Crippen LogP contribution in [0.4, 0.5) is 0 Å². The van der Waals surface area contributed by atoms with Crippen LogP contribution < -0.4 is 11.1 Å². The Morgan fingerprint density at radius 1 is 0.935 bits per heavy atom. The highest BCUT2D eigenvalue weighted by molar-refractivity contribution is 6.74. The minimum atomic E-state index is -2.27. The fourth-order valence-electron chi connectivity index (χ4n) is 4.48. The molecule has 46 heavy (non-hydrogen) atoms. The summed E-state index contributed by atoms with van der Waals surface area (Å²) in [6.45, 7) is 23.6. The lowest BCUT2D eigenvalue weighted by molar-refractivity contribution is -0.161. The molecule has 1 aromatic carbocycles. The van der Waals surface area contributed by atoms with E-state index >= 15 is 0 Å². The summed E-state index contributed by atoms with van der Waals surface area (Å²) in [5.74, 6) is -2.43. The van der Waals surface area contributed by atoms with Gasteiger partial charge >= 0.3 is 11.9 Å². The second kappa shape index (κ2) is 18.0. The van der Waals surface area contributed by atoms with Crippen LogP contribution in [0, 0.1) is 17.8 Å². The first-order chi connectivity index (χ1) is 21.1. The summed E-state index contributed by atoms with van der Waals surface area (Å²) in [5.41, 5.74) is 7.35. The quantitative estimate of drug-likeness (QED) is 0.166. The van der Waals surface area contributed by atoms with Gasteiger partial charge in [0.05, 0.1) is 12.5 Å². The van der Waals surface area contributed by atoms with Crippen molar-refractivity contribution in [2.24, 2.45) is 23.5 Å². The summed E-state index contributed by atoms with van der Waals surface area (Å²) < 4.78 is 17.8. The zero-order valence-corrected chi connectivity index (χ0v) is 31.5. The normalized spacial score (nSPS) is 15.6. The van der Waals surface area contributed by atoms with E-state index in [0.717, 1.165) is 5.56 Å². The Morgan fingerprint density at radius 2 is 1.50 bits per heavy atom. The average molecular weight is 664 g/mol. The summed E-state index contributed by atoms with van der Waals surface area (Å²) in [6.07, 6.45) is -1.48. The minimum Gasteiger partial charge on any atom is -0.459 e. The van der Waals surface area contributed by atoms with E-state index in [4.69, 9.17) is 19.6 Å². The maximum Gasteiger partial charge on any atom is 0.328 e. The van der Waals surface area contributed by atoms with Crippen molar-refractivity contribution in [3.05, 3.63) is 35.9 Å². The summed E-state index contributed by atoms with van der Waals surface area (Å²) in [5, 5.41) is 2.72. The third kappa shape index (κ3) is 12.8. The van der Waals surface area contributed by atoms with Crippen molar-refractivity contribution in [2.45, 2.75) is 137 Å². The van der Waals surface area contributed by atoms with Crippen LogP contribution in [0.3, 0.4) is 0 Å². The monoisotopic (exact) mass is 663 g/mol. The van der Waals surface area contributed by atoms with E-state index < -0.39 is 62.4 Å². The second-order valence-corrected chi connectivity index (χ2v) is 19.8.